The molecule has 2 rings (SSSR count). The molecule has 0 saturated carbocycles. The fourth-order valence-electron chi connectivity index (χ4n) is 1.76. The Bertz CT molecular complexity index is 734. The fraction of sp³-hybridized carbons (Fsp3) is 0.0714. The minimum atomic E-state index is -0.571. The van der Waals surface area contributed by atoms with Gasteiger partial charge in [-0.25, -0.2) is 4.39 Å². The molecule has 0 aliphatic heterocycles. The van der Waals surface area contributed by atoms with Crippen molar-refractivity contribution in [3.63, 3.8) is 0 Å². The third-order valence-electron chi connectivity index (χ3n) is 2.84. The summed E-state index contributed by atoms with van der Waals surface area (Å²) < 4.78 is 12.9. The highest BCUT2D eigenvalue weighted by Crippen LogP contribution is 2.24. The third-order valence-corrected chi connectivity index (χ3v) is 3.15. The van der Waals surface area contributed by atoms with Crippen LogP contribution in [0.25, 0.3) is 0 Å². The van der Waals surface area contributed by atoms with Crippen LogP contribution in [-0.2, 0) is 0 Å². The summed E-state index contributed by atoms with van der Waals surface area (Å²) in [6.07, 6.45) is 0. The zero-order chi connectivity index (χ0) is 15.6. The number of nitro benzene ring substituents is 1. The van der Waals surface area contributed by atoms with Gasteiger partial charge in [0.1, 0.15) is 5.82 Å². The van der Waals surface area contributed by atoms with Gasteiger partial charge in [-0.1, -0.05) is 17.7 Å². The van der Waals surface area contributed by atoms with E-state index in [4.69, 9.17) is 11.6 Å². The van der Waals surface area contributed by atoms with Crippen molar-refractivity contribution in [2.24, 2.45) is 0 Å². The zero-order valence-electron chi connectivity index (χ0n) is 10.9. The number of nitrogens with one attached hydrogen (secondary N) is 1. The van der Waals surface area contributed by atoms with Gasteiger partial charge in [0.15, 0.2) is 0 Å². The van der Waals surface area contributed by atoms with Gasteiger partial charge < -0.3 is 5.32 Å². The van der Waals surface area contributed by atoms with E-state index in [1.165, 1.54) is 24.3 Å². The largest absolute Gasteiger partial charge is 0.322 e. The highest BCUT2D eigenvalue weighted by Gasteiger charge is 2.15. The lowest BCUT2D eigenvalue weighted by atomic mass is 10.1. The number of amides is 1. The normalized spacial score (nSPS) is 10.2. The summed E-state index contributed by atoms with van der Waals surface area (Å²) in [6.45, 7) is 1.60. The Labute approximate surface area is 124 Å². The number of hydrogen-bond donors (Lipinski definition) is 1. The number of halogens is 2. The molecule has 0 unspecified atom stereocenters. The van der Waals surface area contributed by atoms with Crippen LogP contribution in [0.4, 0.5) is 15.8 Å². The quantitative estimate of drug-likeness (QED) is 0.689. The average Bonchev–Trinajstić information content (AvgIpc) is 2.40. The van der Waals surface area contributed by atoms with E-state index < -0.39 is 16.6 Å². The molecule has 1 amide bonds. The van der Waals surface area contributed by atoms with Gasteiger partial charge in [-0.3, -0.25) is 14.9 Å². The van der Waals surface area contributed by atoms with Crippen LogP contribution in [0.2, 0.25) is 5.02 Å². The lowest BCUT2D eigenvalue weighted by Gasteiger charge is -2.07. The van der Waals surface area contributed by atoms with E-state index >= 15 is 0 Å². The first-order valence-corrected chi connectivity index (χ1v) is 6.27. The van der Waals surface area contributed by atoms with Gasteiger partial charge in [0.05, 0.1) is 15.5 Å². The highest BCUT2D eigenvalue weighted by molar-refractivity contribution is 6.34. The molecule has 7 heteroatoms. The Morgan fingerprint density at radius 3 is 2.62 bits per heavy atom. The first-order chi connectivity index (χ1) is 9.88. The Balaban J connectivity index is 2.27. The maximum Gasteiger partial charge on any atom is 0.274 e. The fourth-order valence-corrected chi connectivity index (χ4v) is 2.01. The summed E-state index contributed by atoms with van der Waals surface area (Å²) in [7, 11) is 0. The van der Waals surface area contributed by atoms with Crippen LogP contribution in [0.5, 0.6) is 0 Å². The molecule has 0 aromatic heterocycles. The molecule has 0 aliphatic carbocycles. The molecule has 0 saturated heterocycles. The second kappa shape index (κ2) is 5.88. The summed E-state index contributed by atoms with van der Waals surface area (Å²) in [5.41, 5.74) is 0.731. The van der Waals surface area contributed by atoms with Crippen molar-refractivity contribution in [1.82, 2.24) is 0 Å². The Morgan fingerprint density at radius 2 is 2.00 bits per heavy atom. The lowest BCUT2D eigenvalue weighted by molar-refractivity contribution is -0.385. The molecule has 0 bridgehead atoms. The van der Waals surface area contributed by atoms with Gasteiger partial charge in [-0.15, -0.1) is 0 Å². The van der Waals surface area contributed by atoms with Crippen LogP contribution in [0.3, 0.4) is 0 Å². The van der Waals surface area contributed by atoms with E-state index in [0.29, 0.717) is 5.56 Å². The number of hydrogen-bond acceptors (Lipinski definition) is 3. The van der Waals surface area contributed by atoms with Crippen molar-refractivity contribution in [3.8, 4) is 0 Å². The number of aryl methyl sites for hydroxylation is 1. The summed E-state index contributed by atoms with van der Waals surface area (Å²) in [5.74, 6) is -1.12. The maximum absolute atomic E-state index is 12.9. The molecule has 108 valence electrons. The summed E-state index contributed by atoms with van der Waals surface area (Å²) >= 11 is 5.79. The van der Waals surface area contributed by atoms with E-state index in [1.807, 2.05) is 0 Å². The van der Waals surface area contributed by atoms with E-state index in [0.717, 1.165) is 12.1 Å². The molecule has 0 spiro atoms. The third kappa shape index (κ3) is 3.35. The zero-order valence-corrected chi connectivity index (χ0v) is 11.6. The topological polar surface area (TPSA) is 72.2 Å². The van der Waals surface area contributed by atoms with Crippen molar-refractivity contribution in [3.05, 3.63) is 68.5 Å². The van der Waals surface area contributed by atoms with Crippen molar-refractivity contribution in [2.45, 2.75) is 6.92 Å². The van der Waals surface area contributed by atoms with Crippen LogP contribution in [0.1, 0.15) is 15.9 Å². The minimum Gasteiger partial charge on any atom is -0.322 e. The molecule has 0 atom stereocenters. The second-order valence-electron chi connectivity index (χ2n) is 4.34. The van der Waals surface area contributed by atoms with Crippen molar-refractivity contribution in [1.29, 1.82) is 0 Å². The Kier molecular flexibility index (Phi) is 4.18. The van der Waals surface area contributed by atoms with Crippen molar-refractivity contribution in [2.75, 3.05) is 5.32 Å². The van der Waals surface area contributed by atoms with E-state index in [-0.39, 0.29) is 22.0 Å². The maximum atomic E-state index is 12.9. The summed E-state index contributed by atoms with van der Waals surface area (Å²) in [6, 6.07) is 7.70. The Morgan fingerprint density at radius 1 is 1.29 bits per heavy atom. The molecule has 5 nitrogen and oxygen atoms in total. The van der Waals surface area contributed by atoms with Crippen LogP contribution < -0.4 is 5.32 Å². The smallest absolute Gasteiger partial charge is 0.274 e. The summed E-state index contributed by atoms with van der Waals surface area (Å²) in [4.78, 5) is 22.3. The monoisotopic (exact) mass is 308 g/mol. The molecule has 2 aromatic carbocycles. The standard InChI is InChI=1S/C14H10ClFN2O3/c1-8-2-4-10(7-13(8)18(20)21)17-14(19)11-5-3-9(16)6-12(11)15/h2-7H,1H3,(H,17,19). The number of nitrogens with zero attached hydrogens (tertiary/aromatic N) is 1. The number of rotatable bonds is 3. The van der Waals surface area contributed by atoms with Gasteiger partial charge in [-0.05, 0) is 31.2 Å². The van der Waals surface area contributed by atoms with Crippen molar-refractivity contribution < 1.29 is 14.1 Å². The minimum absolute atomic E-state index is 0.0332. The molecular formula is C14H10ClFN2O3. The molecule has 21 heavy (non-hydrogen) atoms. The molecule has 2 aromatic rings. The van der Waals surface area contributed by atoms with Crippen molar-refractivity contribution >= 4 is 28.9 Å². The number of carbonyl (C=O) groups is 1. The number of benzene rings is 2. The SMILES string of the molecule is Cc1ccc(NC(=O)c2ccc(F)cc2Cl)cc1[N+](=O)[O-]. The highest BCUT2D eigenvalue weighted by atomic mass is 35.5. The van der Waals surface area contributed by atoms with Gasteiger partial charge in [0.2, 0.25) is 0 Å². The van der Waals surface area contributed by atoms with Gasteiger partial charge in [0, 0.05) is 17.3 Å². The van der Waals surface area contributed by atoms with Crippen LogP contribution in [0.15, 0.2) is 36.4 Å². The van der Waals surface area contributed by atoms with Gasteiger partial charge in [-0.2, -0.15) is 0 Å². The first kappa shape index (κ1) is 14.9. The molecule has 1 N–H and O–H groups in total. The number of carbonyl (C=O) groups excluding carboxylic acids is 1. The number of nitro groups is 1. The van der Waals surface area contributed by atoms with E-state index in [9.17, 15) is 19.3 Å². The molecule has 0 heterocycles. The van der Waals surface area contributed by atoms with E-state index in [2.05, 4.69) is 5.32 Å². The molecule has 0 aliphatic rings. The van der Waals surface area contributed by atoms with Crippen LogP contribution in [0, 0.1) is 22.9 Å². The summed E-state index contributed by atoms with van der Waals surface area (Å²) in [5, 5.41) is 13.3. The Hall–Kier alpha value is -2.47. The predicted molar refractivity (Wildman–Crippen MR) is 77.2 cm³/mol. The van der Waals surface area contributed by atoms with E-state index in [1.54, 1.807) is 6.92 Å². The van der Waals surface area contributed by atoms with Crippen LogP contribution >= 0.6 is 11.6 Å². The first-order valence-electron chi connectivity index (χ1n) is 5.90. The lowest BCUT2D eigenvalue weighted by Crippen LogP contribution is -2.12. The molecular weight excluding hydrogens is 299 g/mol. The second-order valence-corrected chi connectivity index (χ2v) is 4.74. The predicted octanol–water partition coefficient (Wildman–Crippen LogP) is 3.95. The van der Waals surface area contributed by atoms with Crippen LogP contribution in [-0.4, -0.2) is 10.8 Å². The molecule has 0 fully saturated rings. The average molecular weight is 309 g/mol. The van der Waals surface area contributed by atoms with Gasteiger partial charge >= 0.3 is 0 Å². The number of anilines is 1. The molecule has 0 radical (unpaired) electrons. The van der Waals surface area contributed by atoms with Gasteiger partial charge in [0.25, 0.3) is 11.6 Å².